The van der Waals surface area contributed by atoms with Gasteiger partial charge in [0.1, 0.15) is 0 Å². The first-order chi connectivity index (χ1) is 9.53. The minimum atomic E-state index is 0.215. The quantitative estimate of drug-likeness (QED) is 0.692. The molecule has 20 heavy (non-hydrogen) atoms. The fourth-order valence-corrected chi connectivity index (χ4v) is 1.89. The molecule has 114 valence electrons. The van der Waals surface area contributed by atoms with Crippen molar-refractivity contribution in [1.82, 2.24) is 5.32 Å². The van der Waals surface area contributed by atoms with E-state index in [1.807, 2.05) is 31.2 Å². The standard InChI is InChI=1S/C17H29NO2/c1-5-19-15-11-7-8-12-16(15)20-14-10-6-9-13-18-17(2,3)4/h7-8,11-12,18H,5-6,9-10,13-14H2,1-4H3. The van der Waals surface area contributed by atoms with Crippen LogP contribution >= 0.6 is 0 Å². The third kappa shape index (κ3) is 7.39. The van der Waals surface area contributed by atoms with Gasteiger partial charge in [-0.3, -0.25) is 0 Å². The van der Waals surface area contributed by atoms with Gasteiger partial charge in [-0.2, -0.15) is 0 Å². The number of benzene rings is 1. The molecule has 0 amide bonds. The third-order valence-corrected chi connectivity index (χ3v) is 2.88. The molecule has 0 heterocycles. The third-order valence-electron chi connectivity index (χ3n) is 2.88. The zero-order chi connectivity index (χ0) is 14.8. The van der Waals surface area contributed by atoms with Crippen LogP contribution in [0.25, 0.3) is 0 Å². The van der Waals surface area contributed by atoms with Crippen LogP contribution < -0.4 is 14.8 Å². The molecule has 0 atom stereocenters. The van der Waals surface area contributed by atoms with E-state index in [2.05, 4.69) is 26.1 Å². The van der Waals surface area contributed by atoms with Crippen molar-refractivity contribution in [1.29, 1.82) is 0 Å². The fourth-order valence-electron chi connectivity index (χ4n) is 1.89. The Morgan fingerprint density at radius 1 is 0.950 bits per heavy atom. The lowest BCUT2D eigenvalue weighted by molar-refractivity contribution is 0.270. The van der Waals surface area contributed by atoms with Crippen molar-refractivity contribution in [2.45, 2.75) is 52.5 Å². The number of hydrogen-bond donors (Lipinski definition) is 1. The summed E-state index contributed by atoms with van der Waals surface area (Å²) >= 11 is 0. The molecule has 0 bridgehead atoms. The van der Waals surface area contributed by atoms with Gasteiger partial charge in [-0.1, -0.05) is 12.1 Å². The van der Waals surface area contributed by atoms with Crippen molar-refractivity contribution in [2.24, 2.45) is 0 Å². The van der Waals surface area contributed by atoms with E-state index in [1.54, 1.807) is 0 Å². The van der Waals surface area contributed by atoms with E-state index in [9.17, 15) is 0 Å². The van der Waals surface area contributed by atoms with Crippen molar-refractivity contribution in [3.63, 3.8) is 0 Å². The summed E-state index contributed by atoms with van der Waals surface area (Å²) in [5, 5.41) is 3.50. The number of hydrogen-bond acceptors (Lipinski definition) is 3. The lowest BCUT2D eigenvalue weighted by Gasteiger charge is -2.20. The van der Waals surface area contributed by atoms with E-state index in [-0.39, 0.29) is 5.54 Å². The Labute approximate surface area is 123 Å². The predicted octanol–water partition coefficient (Wildman–Crippen LogP) is 4.02. The van der Waals surface area contributed by atoms with Gasteiger partial charge in [0.2, 0.25) is 0 Å². The van der Waals surface area contributed by atoms with Crippen LogP contribution in [0.5, 0.6) is 11.5 Å². The normalized spacial score (nSPS) is 11.4. The van der Waals surface area contributed by atoms with E-state index in [1.165, 1.54) is 12.8 Å². The molecular formula is C17H29NO2. The van der Waals surface area contributed by atoms with Crippen molar-refractivity contribution in [3.8, 4) is 11.5 Å². The van der Waals surface area contributed by atoms with E-state index < -0.39 is 0 Å². The molecule has 0 fully saturated rings. The molecule has 0 unspecified atom stereocenters. The molecule has 1 aromatic rings. The highest BCUT2D eigenvalue weighted by molar-refractivity contribution is 5.39. The first kappa shape index (κ1) is 16.8. The molecule has 0 aromatic heterocycles. The molecule has 0 saturated carbocycles. The number of nitrogens with one attached hydrogen (secondary N) is 1. The van der Waals surface area contributed by atoms with Crippen LogP contribution in [0.4, 0.5) is 0 Å². The Morgan fingerprint density at radius 2 is 1.60 bits per heavy atom. The minimum Gasteiger partial charge on any atom is -0.490 e. The van der Waals surface area contributed by atoms with Gasteiger partial charge < -0.3 is 14.8 Å². The lowest BCUT2D eigenvalue weighted by atomic mass is 10.1. The Kier molecular flexibility index (Phi) is 7.45. The predicted molar refractivity (Wildman–Crippen MR) is 84.7 cm³/mol. The second-order valence-electron chi connectivity index (χ2n) is 5.97. The second-order valence-corrected chi connectivity index (χ2v) is 5.97. The monoisotopic (exact) mass is 279 g/mol. The first-order valence-corrected chi connectivity index (χ1v) is 7.62. The number of ether oxygens (including phenoxy) is 2. The molecular weight excluding hydrogens is 250 g/mol. The van der Waals surface area contributed by atoms with Gasteiger partial charge in [0.05, 0.1) is 13.2 Å². The topological polar surface area (TPSA) is 30.5 Å². The van der Waals surface area contributed by atoms with Gasteiger partial charge in [0.25, 0.3) is 0 Å². The van der Waals surface area contributed by atoms with Crippen LogP contribution in [0.2, 0.25) is 0 Å². The molecule has 0 aliphatic rings. The maximum absolute atomic E-state index is 5.79. The summed E-state index contributed by atoms with van der Waals surface area (Å²) in [6.07, 6.45) is 3.44. The highest BCUT2D eigenvalue weighted by atomic mass is 16.5. The molecule has 1 N–H and O–H groups in total. The molecule has 1 aromatic carbocycles. The fraction of sp³-hybridized carbons (Fsp3) is 0.647. The zero-order valence-electron chi connectivity index (χ0n) is 13.4. The largest absolute Gasteiger partial charge is 0.490 e. The van der Waals surface area contributed by atoms with E-state index in [4.69, 9.17) is 9.47 Å². The summed E-state index contributed by atoms with van der Waals surface area (Å²) in [5.41, 5.74) is 0.215. The highest BCUT2D eigenvalue weighted by Crippen LogP contribution is 2.26. The van der Waals surface area contributed by atoms with Gasteiger partial charge in [0, 0.05) is 5.54 Å². The first-order valence-electron chi connectivity index (χ1n) is 7.62. The average molecular weight is 279 g/mol. The van der Waals surface area contributed by atoms with Gasteiger partial charge in [-0.05, 0) is 65.6 Å². The van der Waals surface area contributed by atoms with Gasteiger partial charge in [0.15, 0.2) is 11.5 Å². The van der Waals surface area contributed by atoms with Gasteiger partial charge in [-0.25, -0.2) is 0 Å². The molecule has 0 saturated heterocycles. The molecule has 3 nitrogen and oxygen atoms in total. The summed E-state index contributed by atoms with van der Waals surface area (Å²) < 4.78 is 11.3. The summed E-state index contributed by atoms with van der Waals surface area (Å²) in [6, 6.07) is 7.86. The summed E-state index contributed by atoms with van der Waals surface area (Å²) in [6.45, 7) is 11.1. The van der Waals surface area contributed by atoms with Crippen LogP contribution in [-0.4, -0.2) is 25.3 Å². The number of para-hydroxylation sites is 2. The van der Waals surface area contributed by atoms with E-state index in [0.717, 1.165) is 31.1 Å². The van der Waals surface area contributed by atoms with Crippen molar-refractivity contribution in [3.05, 3.63) is 24.3 Å². The Hall–Kier alpha value is -1.22. The molecule has 0 aliphatic carbocycles. The van der Waals surface area contributed by atoms with E-state index in [0.29, 0.717) is 6.61 Å². The van der Waals surface area contributed by atoms with Gasteiger partial charge in [-0.15, -0.1) is 0 Å². The van der Waals surface area contributed by atoms with Crippen molar-refractivity contribution < 1.29 is 9.47 Å². The van der Waals surface area contributed by atoms with Crippen molar-refractivity contribution >= 4 is 0 Å². The maximum Gasteiger partial charge on any atom is 0.161 e. The van der Waals surface area contributed by atoms with Crippen LogP contribution in [0, 0.1) is 0 Å². The molecule has 3 heteroatoms. The van der Waals surface area contributed by atoms with Crippen molar-refractivity contribution in [2.75, 3.05) is 19.8 Å². The van der Waals surface area contributed by atoms with Crippen LogP contribution in [-0.2, 0) is 0 Å². The minimum absolute atomic E-state index is 0.215. The Bertz CT molecular complexity index is 371. The second kappa shape index (κ2) is 8.85. The SMILES string of the molecule is CCOc1ccccc1OCCCCCNC(C)(C)C. The van der Waals surface area contributed by atoms with Crippen LogP contribution in [0.15, 0.2) is 24.3 Å². The number of unbranched alkanes of at least 4 members (excludes halogenated alkanes) is 2. The summed E-state index contributed by atoms with van der Waals surface area (Å²) in [7, 11) is 0. The summed E-state index contributed by atoms with van der Waals surface area (Å²) in [5.74, 6) is 1.69. The number of rotatable bonds is 9. The molecule has 0 radical (unpaired) electrons. The van der Waals surface area contributed by atoms with Crippen LogP contribution in [0.1, 0.15) is 47.0 Å². The Balaban J connectivity index is 2.15. The smallest absolute Gasteiger partial charge is 0.161 e. The Morgan fingerprint density at radius 3 is 2.20 bits per heavy atom. The molecule has 0 spiro atoms. The lowest BCUT2D eigenvalue weighted by Crippen LogP contribution is -2.36. The molecule has 1 rings (SSSR count). The maximum atomic E-state index is 5.79. The molecule has 0 aliphatic heterocycles. The highest BCUT2D eigenvalue weighted by Gasteiger charge is 2.07. The van der Waals surface area contributed by atoms with E-state index >= 15 is 0 Å². The average Bonchev–Trinajstić information content (AvgIpc) is 2.38. The summed E-state index contributed by atoms with van der Waals surface area (Å²) in [4.78, 5) is 0. The zero-order valence-corrected chi connectivity index (χ0v) is 13.4. The van der Waals surface area contributed by atoms with Crippen LogP contribution in [0.3, 0.4) is 0 Å². The van der Waals surface area contributed by atoms with Gasteiger partial charge >= 0.3 is 0 Å².